The van der Waals surface area contributed by atoms with Gasteiger partial charge < -0.3 is 10.2 Å². The molecule has 1 aliphatic heterocycles. The summed E-state index contributed by atoms with van der Waals surface area (Å²) < 4.78 is 0. The van der Waals surface area contributed by atoms with Crippen molar-refractivity contribution in [3.05, 3.63) is 29.2 Å². The molecule has 0 radical (unpaired) electrons. The van der Waals surface area contributed by atoms with E-state index in [1.54, 1.807) is 6.20 Å². The zero-order chi connectivity index (χ0) is 17.1. The molecule has 24 heavy (non-hydrogen) atoms. The smallest absolute Gasteiger partial charge is 0.222 e. The Labute approximate surface area is 146 Å². The predicted octanol–water partition coefficient (Wildman–Crippen LogP) is 3.35. The first kappa shape index (κ1) is 16.8. The number of amides is 1. The summed E-state index contributed by atoms with van der Waals surface area (Å²) >= 11 is 1.54. The highest BCUT2D eigenvalue weighted by atomic mass is 32.1. The van der Waals surface area contributed by atoms with Crippen LogP contribution in [0.5, 0.6) is 0 Å². The molecular weight excluding hydrogens is 322 g/mol. The highest BCUT2D eigenvalue weighted by Crippen LogP contribution is 2.28. The first-order valence-corrected chi connectivity index (χ1v) is 9.19. The molecule has 6 nitrogen and oxygen atoms in total. The standard InChI is InChI=1S/C17H23N5OS/c1-11(2)8-16(23)22-6-4-13(10-22)14-9-15(20-12(3)19-14)21-17-18-5-7-24-17/h5,7,9,11,13H,4,6,8,10H2,1-3H3,(H,18,19,20,21). The van der Waals surface area contributed by atoms with E-state index >= 15 is 0 Å². The van der Waals surface area contributed by atoms with Crippen LogP contribution >= 0.6 is 11.3 Å². The van der Waals surface area contributed by atoms with E-state index in [-0.39, 0.29) is 11.8 Å². The van der Waals surface area contributed by atoms with Crippen molar-refractivity contribution in [3.8, 4) is 0 Å². The molecule has 1 fully saturated rings. The normalized spacial score (nSPS) is 17.5. The van der Waals surface area contributed by atoms with Gasteiger partial charge in [-0.1, -0.05) is 13.8 Å². The summed E-state index contributed by atoms with van der Waals surface area (Å²) in [6.07, 6.45) is 3.33. The molecule has 1 aliphatic rings. The third-order valence-corrected chi connectivity index (χ3v) is 4.76. The largest absolute Gasteiger partial charge is 0.342 e. The van der Waals surface area contributed by atoms with Gasteiger partial charge in [0.1, 0.15) is 11.6 Å². The van der Waals surface area contributed by atoms with E-state index in [0.717, 1.165) is 42.0 Å². The van der Waals surface area contributed by atoms with Crippen LogP contribution in [0.4, 0.5) is 10.9 Å². The van der Waals surface area contributed by atoms with Crippen molar-refractivity contribution >= 4 is 28.2 Å². The number of carbonyl (C=O) groups is 1. The number of nitrogens with one attached hydrogen (secondary N) is 1. The lowest BCUT2D eigenvalue weighted by Gasteiger charge is -2.18. The lowest BCUT2D eigenvalue weighted by Crippen LogP contribution is -2.29. The summed E-state index contributed by atoms with van der Waals surface area (Å²) in [5, 5.41) is 5.97. The maximum atomic E-state index is 12.3. The number of likely N-dealkylation sites (tertiary alicyclic amines) is 1. The third-order valence-electron chi connectivity index (χ3n) is 4.07. The summed E-state index contributed by atoms with van der Waals surface area (Å²) in [5.74, 6) is 2.42. The molecule has 0 bridgehead atoms. The number of hydrogen-bond acceptors (Lipinski definition) is 6. The van der Waals surface area contributed by atoms with Crippen LogP contribution in [0, 0.1) is 12.8 Å². The average Bonchev–Trinajstić information content (AvgIpc) is 3.17. The van der Waals surface area contributed by atoms with E-state index < -0.39 is 0 Å². The number of aryl methyl sites for hydroxylation is 1. The summed E-state index contributed by atoms with van der Waals surface area (Å²) in [7, 11) is 0. The molecule has 1 saturated heterocycles. The molecule has 2 aromatic rings. The summed E-state index contributed by atoms with van der Waals surface area (Å²) in [5.41, 5.74) is 1.00. The van der Waals surface area contributed by atoms with Crippen molar-refractivity contribution in [1.29, 1.82) is 0 Å². The van der Waals surface area contributed by atoms with Crippen LogP contribution in [0.3, 0.4) is 0 Å². The van der Waals surface area contributed by atoms with Crippen molar-refractivity contribution in [2.24, 2.45) is 5.92 Å². The zero-order valence-electron chi connectivity index (χ0n) is 14.3. The first-order chi connectivity index (χ1) is 11.5. The van der Waals surface area contributed by atoms with Gasteiger partial charge in [0, 0.05) is 43.1 Å². The molecule has 1 N–H and O–H groups in total. The molecule has 128 valence electrons. The van der Waals surface area contributed by atoms with Crippen LogP contribution < -0.4 is 5.32 Å². The van der Waals surface area contributed by atoms with E-state index in [1.165, 1.54) is 11.3 Å². The topological polar surface area (TPSA) is 71.0 Å². The second kappa shape index (κ2) is 7.25. The van der Waals surface area contributed by atoms with Crippen molar-refractivity contribution in [2.75, 3.05) is 18.4 Å². The maximum absolute atomic E-state index is 12.3. The van der Waals surface area contributed by atoms with Gasteiger partial charge in [-0.25, -0.2) is 15.0 Å². The second-order valence-electron chi connectivity index (χ2n) is 6.61. The second-order valence-corrected chi connectivity index (χ2v) is 7.51. The van der Waals surface area contributed by atoms with Crippen LogP contribution in [0.2, 0.25) is 0 Å². The van der Waals surface area contributed by atoms with Crippen molar-refractivity contribution in [3.63, 3.8) is 0 Å². The van der Waals surface area contributed by atoms with Crippen LogP contribution in [0.1, 0.15) is 44.1 Å². The third kappa shape index (κ3) is 4.08. The Bertz CT molecular complexity index is 701. The highest BCUT2D eigenvalue weighted by Gasteiger charge is 2.28. The molecule has 1 atom stereocenters. The summed E-state index contributed by atoms with van der Waals surface area (Å²) in [6.45, 7) is 7.62. The molecule has 1 amide bonds. The average molecular weight is 345 g/mol. The SMILES string of the molecule is Cc1nc(Nc2nccs2)cc(C2CCN(C(=O)CC(C)C)C2)n1. The van der Waals surface area contributed by atoms with Crippen LogP contribution in [0.25, 0.3) is 0 Å². The monoisotopic (exact) mass is 345 g/mol. The van der Waals surface area contributed by atoms with Gasteiger partial charge in [0.25, 0.3) is 0 Å². The van der Waals surface area contributed by atoms with Crippen molar-refractivity contribution < 1.29 is 4.79 Å². The number of nitrogens with zero attached hydrogens (tertiary/aromatic N) is 4. The quantitative estimate of drug-likeness (QED) is 0.900. The van der Waals surface area contributed by atoms with Crippen LogP contribution in [-0.2, 0) is 4.79 Å². The Balaban J connectivity index is 1.71. The molecule has 0 spiro atoms. The van der Waals surface area contributed by atoms with E-state index in [0.29, 0.717) is 12.3 Å². The van der Waals surface area contributed by atoms with E-state index in [9.17, 15) is 4.79 Å². The molecule has 0 aliphatic carbocycles. The van der Waals surface area contributed by atoms with E-state index in [4.69, 9.17) is 0 Å². The molecule has 2 aromatic heterocycles. The predicted molar refractivity (Wildman–Crippen MR) is 95.6 cm³/mol. The first-order valence-electron chi connectivity index (χ1n) is 8.31. The Morgan fingerprint density at radius 1 is 1.46 bits per heavy atom. The molecule has 0 aromatic carbocycles. The van der Waals surface area contributed by atoms with Gasteiger partial charge in [-0.15, -0.1) is 11.3 Å². The molecule has 1 unspecified atom stereocenters. The minimum atomic E-state index is 0.249. The molecule has 7 heteroatoms. The Morgan fingerprint density at radius 2 is 2.29 bits per heavy atom. The fraction of sp³-hybridized carbons (Fsp3) is 0.529. The number of rotatable bonds is 5. The van der Waals surface area contributed by atoms with Crippen LogP contribution in [0.15, 0.2) is 17.6 Å². The minimum absolute atomic E-state index is 0.249. The molecule has 3 rings (SSSR count). The number of thiazole rings is 1. The fourth-order valence-corrected chi connectivity index (χ4v) is 3.50. The van der Waals surface area contributed by atoms with Gasteiger partial charge in [0.15, 0.2) is 5.13 Å². The van der Waals surface area contributed by atoms with Gasteiger partial charge in [0.05, 0.1) is 5.69 Å². The molecule has 3 heterocycles. The molecule has 0 saturated carbocycles. The van der Waals surface area contributed by atoms with E-state index in [1.807, 2.05) is 23.3 Å². The Kier molecular flexibility index (Phi) is 5.08. The fourth-order valence-electron chi connectivity index (χ4n) is 2.97. The Hall–Kier alpha value is -2.02. The Morgan fingerprint density at radius 3 is 3.00 bits per heavy atom. The van der Waals surface area contributed by atoms with E-state index in [2.05, 4.69) is 34.1 Å². The lowest BCUT2D eigenvalue weighted by atomic mass is 10.0. The number of carbonyl (C=O) groups excluding carboxylic acids is 1. The van der Waals surface area contributed by atoms with Crippen molar-refractivity contribution in [2.45, 2.75) is 39.5 Å². The summed E-state index contributed by atoms with van der Waals surface area (Å²) in [6, 6.07) is 1.98. The van der Waals surface area contributed by atoms with Gasteiger partial charge in [0.2, 0.25) is 5.91 Å². The highest BCUT2D eigenvalue weighted by molar-refractivity contribution is 7.13. The van der Waals surface area contributed by atoms with Gasteiger partial charge in [-0.3, -0.25) is 4.79 Å². The van der Waals surface area contributed by atoms with Gasteiger partial charge >= 0.3 is 0 Å². The number of anilines is 2. The zero-order valence-corrected chi connectivity index (χ0v) is 15.1. The lowest BCUT2D eigenvalue weighted by molar-refractivity contribution is -0.130. The van der Waals surface area contributed by atoms with Crippen LogP contribution in [-0.4, -0.2) is 38.8 Å². The van der Waals surface area contributed by atoms with Gasteiger partial charge in [-0.2, -0.15) is 0 Å². The van der Waals surface area contributed by atoms with Gasteiger partial charge in [-0.05, 0) is 19.3 Å². The minimum Gasteiger partial charge on any atom is -0.342 e. The van der Waals surface area contributed by atoms with Crippen molar-refractivity contribution in [1.82, 2.24) is 19.9 Å². The summed E-state index contributed by atoms with van der Waals surface area (Å²) in [4.78, 5) is 27.5. The number of aromatic nitrogens is 3. The molecular formula is C17H23N5OS. The maximum Gasteiger partial charge on any atom is 0.222 e. The number of hydrogen-bond donors (Lipinski definition) is 1.